The van der Waals surface area contributed by atoms with E-state index in [1.54, 1.807) is 72.3 Å². The molecule has 1 unspecified atom stereocenters. The molecule has 9 nitrogen and oxygen atoms in total. The normalized spacial score (nSPS) is 14.4. The van der Waals surface area contributed by atoms with Gasteiger partial charge in [0.05, 0.1) is 36.7 Å². The fourth-order valence-electron chi connectivity index (χ4n) is 3.25. The molecule has 4 aromatic rings. The zero-order chi connectivity index (χ0) is 22.1. The van der Waals surface area contributed by atoms with E-state index < -0.39 is 12.3 Å². The monoisotopic (exact) mass is 442 g/mol. The molecule has 10 heteroatoms. The lowest BCUT2D eigenvalue weighted by Gasteiger charge is -2.15. The molecular formula is C21H23ClN6O3. The summed E-state index contributed by atoms with van der Waals surface area (Å²) in [6.07, 6.45) is 4.95. The van der Waals surface area contributed by atoms with Crippen LogP contribution in [0.4, 0.5) is 5.69 Å². The number of hydrogen-bond donors (Lipinski definition) is 3. The van der Waals surface area contributed by atoms with Gasteiger partial charge in [-0.1, -0.05) is 11.6 Å². The summed E-state index contributed by atoms with van der Waals surface area (Å²) in [6.45, 7) is 3.55. The van der Waals surface area contributed by atoms with Gasteiger partial charge >= 0.3 is 0 Å². The van der Waals surface area contributed by atoms with Crippen molar-refractivity contribution in [3.63, 3.8) is 0 Å². The van der Waals surface area contributed by atoms with Crippen molar-refractivity contribution in [2.24, 2.45) is 0 Å². The smallest absolute Gasteiger partial charge is 0.162 e. The van der Waals surface area contributed by atoms with Gasteiger partial charge in [0.2, 0.25) is 0 Å². The third-order valence-electron chi connectivity index (χ3n) is 5.16. The lowest BCUT2D eigenvalue weighted by molar-refractivity contribution is 0.132. The van der Waals surface area contributed by atoms with Gasteiger partial charge in [0, 0.05) is 29.2 Å². The highest BCUT2D eigenvalue weighted by Gasteiger charge is 2.23. The van der Waals surface area contributed by atoms with Crippen LogP contribution in [0.1, 0.15) is 31.7 Å². The molecule has 162 valence electrons. The van der Waals surface area contributed by atoms with Crippen LogP contribution in [0.25, 0.3) is 16.9 Å². The maximum atomic E-state index is 10.9. The zero-order valence-electron chi connectivity index (χ0n) is 17.3. The number of aliphatic hydroxyl groups excluding tert-OH is 2. The Labute approximate surface area is 183 Å². The van der Waals surface area contributed by atoms with Gasteiger partial charge in [-0.25, -0.2) is 9.50 Å². The molecule has 0 bridgehead atoms. The summed E-state index contributed by atoms with van der Waals surface area (Å²) < 4.78 is 8.72. The molecule has 0 fully saturated rings. The molecule has 3 atom stereocenters. The van der Waals surface area contributed by atoms with E-state index in [1.165, 1.54) is 0 Å². The number of halogens is 1. The number of hydrogen-bond acceptors (Lipinski definition) is 7. The quantitative estimate of drug-likeness (QED) is 0.377. The summed E-state index contributed by atoms with van der Waals surface area (Å²) in [6, 6.07) is 6.69. The maximum absolute atomic E-state index is 10.9. The van der Waals surface area contributed by atoms with Gasteiger partial charge in [0.15, 0.2) is 11.9 Å². The molecule has 0 radical (unpaired) electrons. The van der Waals surface area contributed by atoms with Crippen LogP contribution in [0.3, 0.4) is 0 Å². The number of rotatable bonds is 7. The Hall–Kier alpha value is -3.14. The first-order chi connectivity index (χ1) is 14.9. The van der Waals surface area contributed by atoms with E-state index in [1.807, 2.05) is 6.92 Å². The average molecular weight is 443 g/mol. The summed E-state index contributed by atoms with van der Waals surface area (Å²) in [5.74, 6) is 0.578. The standard InChI is InChI=1S/C21H23ClN6O3/c1-12(13(2)29)28-11-17(19(26-28)15-9-14(22)5-6-18(15)31-3)25-21(30)16-10-24-27-8-4-7-23-20(16)27/h4-13,21,25,29-30H,1-3H3/t12-,13+,21?/m0/s1. The van der Waals surface area contributed by atoms with E-state index in [2.05, 4.69) is 20.5 Å². The van der Waals surface area contributed by atoms with E-state index in [4.69, 9.17) is 16.3 Å². The van der Waals surface area contributed by atoms with Gasteiger partial charge < -0.3 is 20.3 Å². The molecule has 31 heavy (non-hydrogen) atoms. The van der Waals surface area contributed by atoms with Gasteiger partial charge in [-0.2, -0.15) is 10.2 Å². The van der Waals surface area contributed by atoms with Crippen LogP contribution in [0.2, 0.25) is 5.02 Å². The van der Waals surface area contributed by atoms with E-state index in [9.17, 15) is 10.2 Å². The molecular weight excluding hydrogens is 420 g/mol. The number of benzene rings is 1. The molecule has 0 saturated carbocycles. The van der Waals surface area contributed by atoms with Crippen LogP contribution in [0.15, 0.2) is 49.1 Å². The number of fused-ring (bicyclic) bond motifs is 1. The van der Waals surface area contributed by atoms with Crippen LogP contribution in [0, 0.1) is 0 Å². The number of nitrogens with zero attached hydrogens (tertiary/aromatic N) is 5. The highest BCUT2D eigenvalue weighted by molar-refractivity contribution is 6.31. The summed E-state index contributed by atoms with van der Waals surface area (Å²) >= 11 is 6.23. The number of nitrogens with one attached hydrogen (secondary N) is 1. The molecule has 4 rings (SSSR count). The molecule has 0 aliphatic carbocycles. The first kappa shape index (κ1) is 21.1. The molecule has 3 heterocycles. The van der Waals surface area contributed by atoms with Crippen LogP contribution in [-0.2, 0) is 0 Å². The minimum absolute atomic E-state index is 0.296. The number of aromatic nitrogens is 5. The molecule has 0 aliphatic rings. The van der Waals surface area contributed by atoms with Crippen LogP contribution in [-0.4, -0.2) is 47.8 Å². The second kappa shape index (κ2) is 8.54. The summed E-state index contributed by atoms with van der Waals surface area (Å²) in [4.78, 5) is 4.29. The summed E-state index contributed by atoms with van der Waals surface area (Å²) in [5.41, 5.74) is 2.76. The maximum Gasteiger partial charge on any atom is 0.162 e. The summed E-state index contributed by atoms with van der Waals surface area (Å²) in [7, 11) is 1.56. The number of ether oxygens (including phenoxy) is 1. The SMILES string of the molecule is COc1ccc(Cl)cc1-c1nn([C@@H](C)[C@@H](C)O)cc1NC(O)c1cnn2cccnc12. The average Bonchev–Trinajstić information content (AvgIpc) is 3.37. The second-order valence-electron chi connectivity index (χ2n) is 7.23. The Morgan fingerprint density at radius 3 is 2.77 bits per heavy atom. The minimum atomic E-state index is -1.10. The molecule has 0 amide bonds. The lowest BCUT2D eigenvalue weighted by atomic mass is 10.1. The van der Waals surface area contributed by atoms with E-state index >= 15 is 0 Å². The molecule has 0 aliphatic heterocycles. The Morgan fingerprint density at radius 1 is 1.23 bits per heavy atom. The fourth-order valence-corrected chi connectivity index (χ4v) is 3.43. The first-order valence-electron chi connectivity index (χ1n) is 9.73. The number of aliphatic hydroxyl groups is 2. The Kier molecular flexibility index (Phi) is 5.81. The van der Waals surface area contributed by atoms with Crippen molar-refractivity contribution in [2.45, 2.75) is 32.2 Å². The van der Waals surface area contributed by atoms with Crippen molar-refractivity contribution in [2.75, 3.05) is 12.4 Å². The predicted octanol–water partition coefficient (Wildman–Crippen LogP) is 3.30. The molecule has 0 saturated heterocycles. The van der Waals surface area contributed by atoms with Crippen LogP contribution >= 0.6 is 11.6 Å². The highest BCUT2D eigenvalue weighted by atomic mass is 35.5. The van der Waals surface area contributed by atoms with Crippen molar-refractivity contribution in [3.8, 4) is 17.0 Å². The van der Waals surface area contributed by atoms with Gasteiger partial charge in [0.1, 0.15) is 11.4 Å². The fraction of sp³-hybridized carbons (Fsp3) is 0.286. The van der Waals surface area contributed by atoms with Crippen molar-refractivity contribution in [3.05, 3.63) is 59.6 Å². The third kappa shape index (κ3) is 4.07. The van der Waals surface area contributed by atoms with Crippen molar-refractivity contribution < 1.29 is 14.9 Å². The molecule has 1 aromatic carbocycles. The summed E-state index contributed by atoms with van der Waals surface area (Å²) in [5, 5.41) is 33.5. The minimum Gasteiger partial charge on any atom is -0.496 e. The Bertz CT molecular complexity index is 1210. The zero-order valence-corrected chi connectivity index (χ0v) is 18.0. The predicted molar refractivity (Wildman–Crippen MR) is 117 cm³/mol. The molecule has 0 spiro atoms. The van der Waals surface area contributed by atoms with E-state index in [-0.39, 0.29) is 6.04 Å². The van der Waals surface area contributed by atoms with Crippen molar-refractivity contribution >= 4 is 22.9 Å². The van der Waals surface area contributed by atoms with Gasteiger partial charge in [-0.15, -0.1) is 0 Å². The van der Waals surface area contributed by atoms with Gasteiger partial charge in [0.25, 0.3) is 0 Å². The molecule has 3 aromatic heterocycles. The Balaban J connectivity index is 1.78. The number of anilines is 1. The van der Waals surface area contributed by atoms with Gasteiger partial charge in [-0.3, -0.25) is 4.68 Å². The lowest BCUT2D eigenvalue weighted by Crippen LogP contribution is -2.18. The van der Waals surface area contributed by atoms with Gasteiger partial charge in [-0.05, 0) is 38.1 Å². The van der Waals surface area contributed by atoms with Crippen molar-refractivity contribution in [1.82, 2.24) is 24.4 Å². The van der Waals surface area contributed by atoms with Crippen LogP contribution in [0.5, 0.6) is 5.75 Å². The van der Waals surface area contributed by atoms with Crippen molar-refractivity contribution in [1.29, 1.82) is 0 Å². The second-order valence-corrected chi connectivity index (χ2v) is 7.67. The topological polar surface area (TPSA) is 110 Å². The van der Waals surface area contributed by atoms with E-state index in [0.29, 0.717) is 38.9 Å². The molecule has 3 N–H and O–H groups in total. The first-order valence-corrected chi connectivity index (χ1v) is 10.1. The third-order valence-corrected chi connectivity index (χ3v) is 5.39. The Morgan fingerprint density at radius 2 is 2.03 bits per heavy atom. The highest BCUT2D eigenvalue weighted by Crippen LogP contribution is 2.38. The van der Waals surface area contributed by atoms with Crippen LogP contribution < -0.4 is 10.1 Å². The number of methoxy groups -OCH3 is 1. The van der Waals surface area contributed by atoms with E-state index in [0.717, 1.165) is 0 Å². The largest absolute Gasteiger partial charge is 0.496 e.